The van der Waals surface area contributed by atoms with Gasteiger partial charge in [-0.3, -0.25) is 4.90 Å². The van der Waals surface area contributed by atoms with E-state index in [1.165, 1.54) is 17.7 Å². The molecule has 108 valence electrons. The predicted molar refractivity (Wildman–Crippen MR) is 82.9 cm³/mol. The van der Waals surface area contributed by atoms with Crippen molar-refractivity contribution in [3.63, 3.8) is 0 Å². The molecule has 1 aromatic rings. The zero-order valence-electron chi connectivity index (χ0n) is 10.8. The van der Waals surface area contributed by atoms with E-state index in [1.54, 1.807) is 0 Å². The Hall–Kier alpha value is -0.610. The number of halogens is 3. The Labute approximate surface area is 126 Å². The fourth-order valence-corrected chi connectivity index (χ4v) is 2.33. The van der Waals surface area contributed by atoms with E-state index in [-0.39, 0.29) is 30.6 Å². The van der Waals surface area contributed by atoms with Crippen molar-refractivity contribution in [2.24, 2.45) is 0 Å². The Morgan fingerprint density at radius 3 is 2.32 bits per heavy atom. The number of piperazine rings is 1. The monoisotopic (exact) mass is 306 g/mol. The highest BCUT2D eigenvalue weighted by atomic mass is 35.5. The zero-order chi connectivity index (χ0) is 12.1. The van der Waals surface area contributed by atoms with Crippen molar-refractivity contribution in [2.75, 3.05) is 26.2 Å². The van der Waals surface area contributed by atoms with E-state index in [4.69, 9.17) is 0 Å². The second kappa shape index (κ2) is 9.32. The van der Waals surface area contributed by atoms with Gasteiger partial charge in [-0.25, -0.2) is 4.39 Å². The van der Waals surface area contributed by atoms with Crippen LogP contribution in [0.1, 0.15) is 18.0 Å². The summed E-state index contributed by atoms with van der Waals surface area (Å²) in [5, 5.41) is 3.34. The van der Waals surface area contributed by atoms with Crippen molar-refractivity contribution in [3.05, 3.63) is 48.3 Å². The number of rotatable bonds is 4. The Bertz CT molecular complexity index is 364. The van der Waals surface area contributed by atoms with Crippen molar-refractivity contribution >= 4 is 24.8 Å². The van der Waals surface area contributed by atoms with Gasteiger partial charge in [0.15, 0.2) is 0 Å². The third kappa shape index (κ3) is 5.11. The van der Waals surface area contributed by atoms with E-state index in [0.717, 1.165) is 32.6 Å². The molecular weight excluding hydrogens is 286 g/mol. The first kappa shape index (κ1) is 18.4. The minimum Gasteiger partial charge on any atom is -0.314 e. The van der Waals surface area contributed by atoms with E-state index < -0.39 is 0 Å². The minimum absolute atomic E-state index is 0. The lowest BCUT2D eigenvalue weighted by Crippen LogP contribution is -2.45. The van der Waals surface area contributed by atoms with E-state index in [9.17, 15) is 4.39 Å². The van der Waals surface area contributed by atoms with Crippen LogP contribution in [-0.4, -0.2) is 31.1 Å². The lowest BCUT2D eigenvalue weighted by Gasteiger charge is -2.34. The van der Waals surface area contributed by atoms with Crippen molar-refractivity contribution < 1.29 is 4.39 Å². The van der Waals surface area contributed by atoms with Crippen molar-refractivity contribution in [1.29, 1.82) is 0 Å². The SMILES string of the molecule is C=CC[C@@H](c1ccc(F)cc1)N1CCNCC1.Cl.Cl. The molecule has 0 bridgehead atoms. The summed E-state index contributed by atoms with van der Waals surface area (Å²) in [6, 6.07) is 7.16. The molecule has 1 aliphatic rings. The topological polar surface area (TPSA) is 15.3 Å². The molecule has 1 N–H and O–H groups in total. The van der Waals surface area contributed by atoms with Crippen molar-refractivity contribution in [1.82, 2.24) is 10.2 Å². The third-order valence-electron chi connectivity index (χ3n) is 3.24. The van der Waals surface area contributed by atoms with Gasteiger partial charge in [0.25, 0.3) is 0 Å². The molecule has 0 saturated carbocycles. The minimum atomic E-state index is -0.175. The van der Waals surface area contributed by atoms with Crippen LogP contribution in [0.3, 0.4) is 0 Å². The largest absolute Gasteiger partial charge is 0.314 e. The molecule has 0 unspecified atom stereocenters. The van der Waals surface area contributed by atoms with Crippen molar-refractivity contribution in [2.45, 2.75) is 12.5 Å². The van der Waals surface area contributed by atoms with E-state index >= 15 is 0 Å². The van der Waals surface area contributed by atoms with E-state index in [1.807, 2.05) is 18.2 Å². The zero-order valence-corrected chi connectivity index (χ0v) is 12.5. The molecule has 0 radical (unpaired) electrons. The second-order valence-electron chi connectivity index (χ2n) is 4.38. The molecule has 0 aromatic heterocycles. The molecule has 1 aliphatic heterocycles. The number of hydrogen-bond acceptors (Lipinski definition) is 2. The first-order valence-electron chi connectivity index (χ1n) is 6.12. The number of nitrogens with one attached hydrogen (secondary N) is 1. The van der Waals surface area contributed by atoms with Crippen LogP contribution in [0.5, 0.6) is 0 Å². The normalized spacial score (nSPS) is 16.9. The van der Waals surface area contributed by atoms with Crippen LogP contribution in [0.2, 0.25) is 0 Å². The van der Waals surface area contributed by atoms with Crippen LogP contribution in [-0.2, 0) is 0 Å². The van der Waals surface area contributed by atoms with Crippen molar-refractivity contribution in [3.8, 4) is 0 Å². The summed E-state index contributed by atoms with van der Waals surface area (Å²) >= 11 is 0. The van der Waals surface area contributed by atoms with Crippen LogP contribution >= 0.6 is 24.8 Å². The summed E-state index contributed by atoms with van der Waals surface area (Å²) in [7, 11) is 0. The molecule has 2 rings (SSSR count). The summed E-state index contributed by atoms with van der Waals surface area (Å²) in [5.41, 5.74) is 1.17. The highest BCUT2D eigenvalue weighted by molar-refractivity contribution is 5.85. The standard InChI is InChI=1S/C14H19FN2.2ClH/c1-2-3-14(17-10-8-16-9-11-17)12-4-6-13(15)7-5-12;;/h2,4-7,14,16H,1,3,8-11H2;2*1H/t14-;;/m0../s1. The molecule has 1 atom stereocenters. The molecule has 1 heterocycles. The summed E-state index contributed by atoms with van der Waals surface area (Å²) < 4.78 is 12.9. The van der Waals surface area contributed by atoms with Crippen LogP contribution in [0.4, 0.5) is 4.39 Å². The fourth-order valence-electron chi connectivity index (χ4n) is 2.33. The molecule has 5 heteroatoms. The second-order valence-corrected chi connectivity index (χ2v) is 4.38. The average Bonchev–Trinajstić information content (AvgIpc) is 2.38. The molecule has 0 aliphatic carbocycles. The maximum absolute atomic E-state index is 12.9. The molecule has 0 spiro atoms. The summed E-state index contributed by atoms with van der Waals surface area (Å²) in [6.07, 6.45) is 2.85. The van der Waals surface area contributed by atoms with Gasteiger partial charge in [0.1, 0.15) is 5.82 Å². The van der Waals surface area contributed by atoms with Crippen LogP contribution in [0.15, 0.2) is 36.9 Å². The van der Waals surface area contributed by atoms with Gasteiger partial charge in [0, 0.05) is 32.2 Å². The van der Waals surface area contributed by atoms with Gasteiger partial charge in [-0.1, -0.05) is 18.2 Å². The molecular formula is C14H21Cl2FN2. The molecule has 1 saturated heterocycles. The molecule has 1 fully saturated rings. The van der Waals surface area contributed by atoms with Gasteiger partial charge >= 0.3 is 0 Å². The fraction of sp³-hybridized carbons (Fsp3) is 0.429. The van der Waals surface area contributed by atoms with Crippen LogP contribution in [0, 0.1) is 5.82 Å². The van der Waals surface area contributed by atoms with Gasteiger partial charge in [-0.15, -0.1) is 31.4 Å². The Morgan fingerprint density at radius 2 is 1.79 bits per heavy atom. The van der Waals surface area contributed by atoms with Gasteiger partial charge in [-0.05, 0) is 24.1 Å². The van der Waals surface area contributed by atoms with E-state index in [2.05, 4.69) is 16.8 Å². The highest BCUT2D eigenvalue weighted by Gasteiger charge is 2.20. The van der Waals surface area contributed by atoms with Gasteiger partial charge in [0.2, 0.25) is 0 Å². The third-order valence-corrected chi connectivity index (χ3v) is 3.24. The van der Waals surface area contributed by atoms with Gasteiger partial charge in [0.05, 0.1) is 0 Å². The summed E-state index contributed by atoms with van der Waals surface area (Å²) in [6.45, 7) is 7.94. The molecule has 1 aromatic carbocycles. The number of benzene rings is 1. The van der Waals surface area contributed by atoms with Gasteiger partial charge in [-0.2, -0.15) is 0 Å². The Morgan fingerprint density at radius 1 is 1.21 bits per heavy atom. The first-order valence-corrected chi connectivity index (χ1v) is 6.12. The number of hydrogen-bond donors (Lipinski definition) is 1. The number of nitrogens with zero attached hydrogens (tertiary/aromatic N) is 1. The maximum atomic E-state index is 12.9. The Balaban J connectivity index is 0.00000162. The lowest BCUT2D eigenvalue weighted by molar-refractivity contribution is 0.174. The quantitative estimate of drug-likeness (QED) is 0.860. The van der Waals surface area contributed by atoms with Crippen LogP contribution in [0.25, 0.3) is 0 Å². The van der Waals surface area contributed by atoms with Gasteiger partial charge < -0.3 is 5.32 Å². The smallest absolute Gasteiger partial charge is 0.123 e. The first-order chi connectivity index (χ1) is 8.31. The molecule has 19 heavy (non-hydrogen) atoms. The Kier molecular flexibility index (Phi) is 9.02. The van der Waals surface area contributed by atoms with Crippen LogP contribution < -0.4 is 5.32 Å². The highest BCUT2D eigenvalue weighted by Crippen LogP contribution is 2.25. The predicted octanol–water partition coefficient (Wildman–Crippen LogP) is 3.19. The molecule has 2 nitrogen and oxygen atoms in total. The summed E-state index contributed by atoms with van der Waals surface area (Å²) in [4.78, 5) is 2.44. The van der Waals surface area contributed by atoms with E-state index in [0.29, 0.717) is 6.04 Å². The summed E-state index contributed by atoms with van der Waals surface area (Å²) in [5.74, 6) is -0.175. The lowest BCUT2D eigenvalue weighted by atomic mass is 10.0. The molecule has 0 amide bonds. The maximum Gasteiger partial charge on any atom is 0.123 e. The average molecular weight is 307 g/mol.